The first-order valence-electron chi connectivity index (χ1n) is 8.14. The van der Waals surface area contributed by atoms with Crippen LogP contribution in [0.1, 0.15) is 45.4 Å². The summed E-state index contributed by atoms with van der Waals surface area (Å²) in [5, 5.41) is 7.74. The fourth-order valence-corrected chi connectivity index (χ4v) is 3.65. The Hall–Kier alpha value is -0.840. The van der Waals surface area contributed by atoms with Crippen molar-refractivity contribution in [2.75, 3.05) is 11.9 Å². The molecule has 3 rings (SSSR count). The molecule has 1 heterocycles. The lowest BCUT2D eigenvalue weighted by Gasteiger charge is -2.29. The van der Waals surface area contributed by atoms with Crippen LogP contribution in [0.25, 0.3) is 0 Å². The zero-order valence-corrected chi connectivity index (χ0v) is 14.2. The van der Waals surface area contributed by atoms with Gasteiger partial charge >= 0.3 is 0 Å². The molecule has 116 valence electrons. The Morgan fingerprint density at radius 3 is 2.81 bits per heavy atom. The second-order valence-electron chi connectivity index (χ2n) is 6.71. The van der Waals surface area contributed by atoms with E-state index in [1.807, 2.05) is 0 Å². The Balaban J connectivity index is 1.64. The smallest absolute Gasteiger partial charge is 0.283 e. The topological polar surface area (TPSA) is 46.9 Å². The maximum absolute atomic E-state index is 12.3. The van der Waals surface area contributed by atoms with Gasteiger partial charge in [0, 0.05) is 13.1 Å². The van der Waals surface area contributed by atoms with Crippen LogP contribution in [0.5, 0.6) is 0 Å². The molecular weight excluding hydrogens is 330 g/mol. The maximum atomic E-state index is 12.3. The molecule has 21 heavy (non-hydrogen) atoms. The Kier molecular flexibility index (Phi) is 4.67. The summed E-state index contributed by atoms with van der Waals surface area (Å²) in [6, 6.07) is 0. The minimum Gasteiger partial charge on any atom is -0.382 e. The molecule has 2 aliphatic rings. The average Bonchev–Trinajstić information content (AvgIpc) is 3.29. The molecule has 2 atom stereocenters. The third-order valence-electron chi connectivity index (χ3n) is 4.96. The standard InChI is InChI=1S/C16H24BrN3O/c1-11-4-2-3-5-13(11)8-18-14-9-19-20(10-12-6-7-12)16(21)15(14)17/h9,11-13,18H,2-8,10H2,1H3. The molecule has 1 aromatic rings. The molecule has 1 N–H and O–H groups in total. The van der Waals surface area contributed by atoms with Crippen LogP contribution in [0.2, 0.25) is 0 Å². The highest BCUT2D eigenvalue weighted by Gasteiger charge is 2.24. The Labute approximate surface area is 134 Å². The number of rotatable bonds is 5. The highest BCUT2D eigenvalue weighted by molar-refractivity contribution is 9.10. The van der Waals surface area contributed by atoms with Crippen LogP contribution in [-0.2, 0) is 6.54 Å². The minimum absolute atomic E-state index is 0.0106. The maximum Gasteiger partial charge on any atom is 0.283 e. The van der Waals surface area contributed by atoms with Crippen molar-refractivity contribution in [1.82, 2.24) is 9.78 Å². The molecule has 2 saturated carbocycles. The van der Waals surface area contributed by atoms with Crippen LogP contribution in [0.3, 0.4) is 0 Å². The SMILES string of the molecule is CC1CCCCC1CNc1cnn(CC2CC2)c(=O)c1Br. The van der Waals surface area contributed by atoms with E-state index in [9.17, 15) is 4.79 Å². The van der Waals surface area contributed by atoms with Gasteiger partial charge in [0.05, 0.1) is 11.9 Å². The summed E-state index contributed by atoms with van der Waals surface area (Å²) in [4.78, 5) is 12.3. The molecule has 2 fully saturated rings. The lowest BCUT2D eigenvalue weighted by Crippen LogP contribution is -2.28. The summed E-state index contributed by atoms with van der Waals surface area (Å²) in [7, 11) is 0. The highest BCUT2D eigenvalue weighted by Crippen LogP contribution is 2.31. The molecule has 0 spiro atoms. The second kappa shape index (κ2) is 6.51. The lowest BCUT2D eigenvalue weighted by molar-refractivity contribution is 0.268. The lowest BCUT2D eigenvalue weighted by atomic mass is 9.80. The Morgan fingerprint density at radius 2 is 2.10 bits per heavy atom. The Morgan fingerprint density at radius 1 is 1.33 bits per heavy atom. The number of hydrogen-bond donors (Lipinski definition) is 1. The summed E-state index contributed by atoms with van der Waals surface area (Å²) in [6.07, 6.45) is 9.56. The Bertz CT molecular complexity index is 553. The summed E-state index contributed by atoms with van der Waals surface area (Å²) >= 11 is 3.45. The van der Waals surface area contributed by atoms with Crippen LogP contribution in [-0.4, -0.2) is 16.3 Å². The molecule has 0 amide bonds. The number of aromatic nitrogens is 2. The predicted octanol–water partition coefficient (Wildman–Crippen LogP) is 3.65. The summed E-state index contributed by atoms with van der Waals surface area (Å²) in [6.45, 7) is 4.04. The molecule has 1 aromatic heterocycles. The van der Waals surface area contributed by atoms with Gasteiger partial charge in [0.1, 0.15) is 4.47 Å². The van der Waals surface area contributed by atoms with Crippen molar-refractivity contribution in [2.24, 2.45) is 17.8 Å². The van der Waals surface area contributed by atoms with E-state index in [-0.39, 0.29) is 5.56 Å². The van der Waals surface area contributed by atoms with Gasteiger partial charge in [0.15, 0.2) is 0 Å². The molecule has 0 radical (unpaired) electrons. The number of halogens is 1. The average molecular weight is 354 g/mol. The van der Waals surface area contributed by atoms with E-state index in [1.165, 1.54) is 38.5 Å². The van der Waals surface area contributed by atoms with Crippen LogP contribution < -0.4 is 10.9 Å². The van der Waals surface area contributed by atoms with E-state index in [1.54, 1.807) is 10.9 Å². The van der Waals surface area contributed by atoms with E-state index in [2.05, 4.69) is 33.3 Å². The quantitative estimate of drug-likeness (QED) is 0.878. The van der Waals surface area contributed by atoms with Gasteiger partial charge < -0.3 is 5.32 Å². The van der Waals surface area contributed by atoms with Crippen LogP contribution >= 0.6 is 15.9 Å². The van der Waals surface area contributed by atoms with Crippen molar-refractivity contribution in [3.8, 4) is 0 Å². The molecule has 2 aliphatic carbocycles. The van der Waals surface area contributed by atoms with Gasteiger partial charge in [-0.3, -0.25) is 4.79 Å². The van der Waals surface area contributed by atoms with Gasteiger partial charge in [-0.1, -0.05) is 26.2 Å². The predicted molar refractivity (Wildman–Crippen MR) is 88.5 cm³/mol. The van der Waals surface area contributed by atoms with Crippen molar-refractivity contribution >= 4 is 21.6 Å². The largest absolute Gasteiger partial charge is 0.382 e. The summed E-state index contributed by atoms with van der Waals surface area (Å²) in [5.74, 6) is 2.14. The molecule has 0 aliphatic heterocycles. The van der Waals surface area contributed by atoms with Crippen molar-refractivity contribution in [3.63, 3.8) is 0 Å². The fraction of sp³-hybridized carbons (Fsp3) is 0.750. The van der Waals surface area contributed by atoms with Crippen molar-refractivity contribution < 1.29 is 0 Å². The molecule has 2 unspecified atom stereocenters. The zero-order chi connectivity index (χ0) is 14.8. The van der Waals surface area contributed by atoms with Gasteiger partial charge in [-0.05, 0) is 52.9 Å². The normalized spacial score (nSPS) is 25.8. The van der Waals surface area contributed by atoms with E-state index >= 15 is 0 Å². The van der Waals surface area contributed by atoms with Gasteiger partial charge in [0.25, 0.3) is 5.56 Å². The molecule has 0 bridgehead atoms. The number of nitrogens with one attached hydrogen (secondary N) is 1. The van der Waals surface area contributed by atoms with Crippen molar-refractivity contribution in [2.45, 2.75) is 52.0 Å². The number of anilines is 1. The summed E-state index contributed by atoms with van der Waals surface area (Å²) in [5.41, 5.74) is 0.827. The number of nitrogens with zero attached hydrogens (tertiary/aromatic N) is 2. The molecule has 5 heteroatoms. The van der Waals surface area contributed by atoms with Gasteiger partial charge in [0.2, 0.25) is 0 Å². The van der Waals surface area contributed by atoms with Crippen molar-refractivity contribution in [1.29, 1.82) is 0 Å². The minimum atomic E-state index is -0.0106. The third-order valence-corrected chi connectivity index (χ3v) is 5.72. The van der Waals surface area contributed by atoms with Gasteiger partial charge in [-0.25, -0.2) is 4.68 Å². The monoisotopic (exact) mass is 353 g/mol. The first-order valence-corrected chi connectivity index (χ1v) is 8.94. The fourth-order valence-electron chi connectivity index (χ4n) is 3.20. The van der Waals surface area contributed by atoms with E-state index in [4.69, 9.17) is 0 Å². The first kappa shape index (κ1) is 15.1. The molecule has 0 aromatic carbocycles. The first-order chi connectivity index (χ1) is 10.1. The molecule has 4 nitrogen and oxygen atoms in total. The second-order valence-corrected chi connectivity index (χ2v) is 7.50. The van der Waals surface area contributed by atoms with E-state index in [0.717, 1.165) is 24.7 Å². The van der Waals surface area contributed by atoms with E-state index < -0.39 is 0 Å². The highest BCUT2D eigenvalue weighted by atomic mass is 79.9. The number of hydrogen-bond acceptors (Lipinski definition) is 3. The van der Waals surface area contributed by atoms with Crippen molar-refractivity contribution in [3.05, 3.63) is 21.0 Å². The molecular formula is C16H24BrN3O. The van der Waals surface area contributed by atoms with E-state index in [0.29, 0.717) is 16.3 Å². The van der Waals surface area contributed by atoms with Crippen LogP contribution in [0.15, 0.2) is 15.5 Å². The molecule has 0 saturated heterocycles. The third kappa shape index (κ3) is 3.68. The van der Waals surface area contributed by atoms with Crippen LogP contribution in [0, 0.1) is 17.8 Å². The summed E-state index contributed by atoms with van der Waals surface area (Å²) < 4.78 is 2.22. The zero-order valence-electron chi connectivity index (χ0n) is 12.6. The van der Waals surface area contributed by atoms with Crippen LogP contribution in [0.4, 0.5) is 5.69 Å². The van der Waals surface area contributed by atoms with Gasteiger partial charge in [-0.15, -0.1) is 0 Å². The van der Waals surface area contributed by atoms with Gasteiger partial charge in [-0.2, -0.15) is 5.10 Å².